The molecule has 0 bridgehead atoms. The van der Waals surface area contributed by atoms with Gasteiger partial charge in [0.15, 0.2) is 0 Å². The Kier molecular flexibility index (Phi) is 5.75. The molecule has 0 spiro atoms. The van der Waals surface area contributed by atoms with Crippen molar-refractivity contribution in [2.75, 3.05) is 26.2 Å². The van der Waals surface area contributed by atoms with Crippen molar-refractivity contribution < 1.29 is 13.2 Å². The Hall–Kier alpha value is -0.780. The van der Waals surface area contributed by atoms with E-state index < -0.39 is 11.7 Å². The molecule has 124 valence electrons. The normalized spacial score (nSPS) is 18.7. The van der Waals surface area contributed by atoms with Gasteiger partial charge >= 0.3 is 6.18 Å². The Morgan fingerprint density at radius 1 is 1.23 bits per heavy atom. The van der Waals surface area contributed by atoms with Gasteiger partial charge < -0.3 is 5.32 Å². The summed E-state index contributed by atoms with van der Waals surface area (Å²) in [7, 11) is 0. The van der Waals surface area contributed by atoms with Gasteiger partial charge in [0.1, 0.15) is 0 Å². The largest absolute Gasteiger partial charge is 0.417 e. The van der Waals surface area contributed by atoms with Crippen LogP contribution in [0.15, 0.2) is 18.2 Å². The molecule has 0 amide bonds. The zero-order valence-corrected chi connectivity index (χ0v) is 13.6. The summed E-state index contributed by atoms with van der Waals surface area (Å²) in [5.74, 6) is 0.380. The molecule has 2 nitrogen and oxygen atoms in total. The number of nitrogens with zero attached hydrogens (tertiary/aromatic N) is 1. The second kappa shape index (κ2) is 7.20. The van der Waals surface area contributed by atoms with Crippen molar-refractivity contribution in [1.82, 2.24) is 10.2 Å². The number of hydrogen-bond acceptors (Lipinski definition) is 2. The van der Waals surface area contributed by atoms with Crippen molar-refractivity contribution >= 4 is 11.6 Å². The summed E-state index contributed by atoms with van der Waals surface area (Å²) < 4.78 is 39.3. The lowest BCUT2D eigenvalue weighted by atomic mass is 9.93. The maximum absolute atomic E-state index is 13.1. The zero-order chi connectivity index (χ0) is 16.3. The Morgan fingerprint density at radius 2 is 1.86 bits per heavy atom. The van der Waals surface area contributed by atoms with Crippen molar-refractivity contribution in [3.8, 4) is 0 Å². The SMILES string of the molecule is CC(C)C[C@H](c1cccc(C(F)(F)F)c1Cl)N1CCNCC1. The molecule has 1 N–H and O–H groups in total. The third-order valence-electron chi connectivity index (χ3n) is 3.98. The maximum atomic E-state index is 13.1. The van der Waals surface area contributed by atoms with Gasteiger partial charge in [0, 0.05) is 32.2 Å². The average Bonchev–Trinajstić information content (AvgIpc) is 2.45. The van der Waals surface area contributed by atoms with Crippen LogP contribution in [0.25, 0.3) is 0 Å². The first-order valence-electron chi connectivity index (χ1n) is 7.61. The molecule has 1 aliphatic heterocycles. The van der Waals surface area contributed by atoms with E-state index in [1.54, 1.807) is 6.07 Å². The summed E-state index contributed by atoms with van der Waals surface area (Å²) >= 11 is 6.13. The van der Waals surface area contributed by atoms with E-state index in [-0.39, 0.29) is 11.1 Å². The third kappa shape index (κ3) is 4.15. The van der Waals surface area contributed by atoms with Crippen molar-refractivity contribution in [2.45, 2.75) is 32.5 Å². The van der Waals surface area contributed by atoms with Crippen molar-refractivity contribution in [1.29, 1.82) is 0 Å². The fourth-order valence-electron chi connectivity index (χ4n) is 2.94. The molecule has 1 heterocycles. The minimum atomic E-state index is -4.42. The first kappa shape index (κ1) is 17.6. The lowest BCUT2D eigenvalue weighted by Gasteiger charge is -2.37. The quantitative estimate of drug-likeness (QED) is 0.880. The molecule has 1 aliphatic rings. The van der Waals surface area contributed by atoms with Gasteiger partial charge in [0.2, 0.25) is 0 Å². The zero-order valence-electron chi connectivity index (χ0n) is 12.9. The topological polar surface area (TPSA) is 15.3 Å². The molecule has 22 heavy (non-hydrogen) atoms. The van der Waals surface area contributed by atoms with Gasteiger partial charge in [-0.05, 0) is 24.0 Å². The Balaban J connectivity index is 2.38. The summed E-state index contributed by atoms with van der Waals surface area (Å²) in [5, 5.41) is 3.12. The highest BCUT2D eigenvalue weighted by Gasteiger charge is 2.35. The van der Waals surface area contributed by atoms with Gasteiger partial charge in [-0.3, -0.25) is 4.90 Å². The van der Waals surface area contributed by atoms with Crippen LogP contribution in [0.2, 0.25) is 5.02 Å². The average molecular weight is 335 g/mol. The fourth-order valence-corrected chi connectivity index (χ4v) is 3.30. The van der Waals surface area contributed by atoms with Crippen LogP contribution in [-0.4, -0.2) is 31.1 Å². The van der Waals surface area contributed by atoms with Crippen molar-refractivity contribution in [3.63, 3.8) is 0 Å². The highest BCUT2D eigenvalue weighted by atomic mass is 35.5. The van der Waals surface area contributed by atoms with E-state index >= 15 is 0 Å². The van der Waals surface area contributed by atoms with Gasteiger partial charge in [0.05, 0.1) is 10.6 Å². The van der Waals surface area contributed by atoms with Crippen molar-refractivity contribution in [2.24, 2.45) is 5.92 Å². The summed E-state index contributed by atoms with van der Waals surface area (Å²) in [6.07, 6.45) is -3.63. The monoisotopic (exact) mass is 334 g/mol. The molecule has 0 radical (unpaired) electrons. The van der Waals surface area contributed by atoms with Gasteiger partial charge in [-0.25, -0.2) is 0 Å². The lowest BCUT2D eigenvalue weighted by Crippen LogP contribution is -2.45. The van der Waals surface area contributed by atoms with Gasteiger partial charge in [-0.1, -0.05) is 37.6 Å². The van der Waals surface area contributed by atoms with Crippen LogP contribution in [-0.2, 0) is 6.18 Å². The van der Waals surface area contributed by atoms with Crippen LogP contribution >= 0.6 is 11.6 Å². The first-order valence-corrected chi connectivity index (χ1v) is 7.99. The van der Waals surface area contributed by atoms with Crippen LogP contribution in [0, 0.1) is 5.92 Å². The third-order valence-corrected chi connectivity index (χ3v) is 4.40. The van der Waals surface area contributed by atoms with Crippen LogP contribution in [0.3, 0.4) is 0 Å². The summed E-state index contributed by atoms with van der Waals surface area (Å²) in [4.78, 5) is 2.23. The standard InChI is InChI=1S/C16H22ClF3N2/c1-11(2)10-14(22-8-6-21-7-9-22)12-4-3-5-13(15(12)17)16(18,19)20/h3-5,11,14,21H,6-10H2,1-2H3/t14-/m1/s1. The molecule has 0 saturated carbocycles. The smallest absolute Gasteiger partial charge is 0.314 e. The molecule has 6 heteroatoms. The van der Waals surface area contributed by atoms with E-state index in [4.69, 9.17) is 11.6 Å². The molecule has 1 saturated heterocycles. The lowest BCUT2D eigenvalue weighted by molar-refractivity contribution is -0.137. The molecule has 1 aromatic carbocycles. The number of rotatable bonds is 4. The van der Waals surface area contributed by atoms with Crippen LogP contribution in [0.1, 0.15) is 37.4 Å². The fraction of sp³-hybridized carbons (Fsp3) is 0.625. The van der Waals surface area contributed by atoms with E-state index in [2.05, 4.69) is 24.1 Å². The van der Waals surface area contributed by atoms with Crippen LogP contribution in [0.4, 0.5) is 13.2 Å². The van der Waals surface area contributed by atoms with E-state index in [1.165, 1.54) is 6.07 Å². The van der Waals surface area contributed by atoms with Gasteiger partial charge in [0.25, 0.3) is 0 Å². The number of benzene rings is 1. The van der Waals surface area contributed by atoms with Gasteiger partial charge in [-0.2, -0.15) is 13.2 Å². The molecule has 0 unspecified atom stereocenters. The van der Waals surface area contributed by atoms with E-state index in [0.717, 1.165) is 38.7 Å². The Labute approximate surface area is 134 Å². The molecule has 1 atom stereocenters. The Bertz CT molecular complexity index is 497. The highest BCUT2D eigenvalue weighted by Crippen LogP contribution is 2.40. The second-order valence-corrected chi connectivity index (χ2v) is 6.52. The summed E-state index contributed by atoms with van der Waals surface area (Å²) in [5.41, 5.74) is -0.150. The number of alkyl halides is 3. The molecule has 1 fully saturated rings. The number of hydrogen-bond donors (Lipinski definition) is 1. The maximum Gasteiger partial charge on any atom is 0.417 e. The van der Waals surface area contributed by atoms with Crippen molar-refractivity contribution in [3.05, 3.63) is 34.3 Å². The minimum absolute atomic E-state index is 0.0723. The van der Waals surface area contributed by atoms with E-state index in [1.807, 2.05) is 0 Å². The number of nitrogens with one attached hydrogen (secondary N) is 1. The second-order valence-electron chi connectivity index (χ2n) is 6.14. The number of halogens is 4. The molecule has 2 rings (SSSR count). The molecule has 0 aliphatic carbocycles. The molecule has 0 aromatic heterocycles. The summed E-state index contributed by atoms with van der Waals surface area (Å²) in [6.45, 7) is 7.51. The molecular weight excluding hydrogens is 313 g/mol. The number of piperazine rings is 1. The summed E-state index contributed by atoms with van der Waals surface area (Å²) in [6, 6.07) is 4.17. The molecular formula is C16H22ClF3N2. The van der Waals surface area contributed by atoms with E-state index in [9.17, 15) is 13.2 Å². The molecule has 1 aromatic rings. The van der Waals surface area contributed by atoms with Crippen LogP contribution < -0.4 is 5.32 Å². The van der Waals surface area contributed by atoms with Gasteiger partial charge in [-0.15, -0.1) is 0 Å². The van der Waals surface area contributed by atoms with Crippen LogP contribution in [0.5, 0.6) is 0 Å². The Morgan fingerprint density at radius 3 is 2.41 bits per heavy atom. The predicted molar refractivity (Wildman–Crippen MR) is 83.1 cm³/mol. The predicted octanol–water partition coefficient (Wildman–Crippen LogP) is 4.35. The minimum Gasteiger partial charge on any atom is -0.314 e. The highest BCUT2D eigenvalue weighted by molar-refractivity contribution is 6.32. The first-order chi connectivity index (χ1) is 10.3. The van der Waals surface area contributed by atoms with E-state index in [0.29, 0.717) is 11.5 Å².